The molecule has 0 spiro atoms. The summed E-state index contributed by atoms with van der Waals surface area (Å²) in [5.74, 6) is -6.51. The summed E-state index contributed by atoms with van der Waals surface area (Å²) < 4.78 is 40.9. The number of hydrogen-bond donors (Lipinski definition) is 3. The molecule has 2 atom stereocenters. The molecular formula is C26H18Cl4F3N3O3. The van der Waals surface area contributed by atoms with Crippen LogP contribution in [0.5, 0.6) is 0 Å². The van der Waals surface area contributed by atoms with Crippen LogP contribution in [0.15, 0.2) is 48.5 Å². The minimum atomic E-state index is -1.48. The summed E-state index contributed by atoms with van der Waals surface area (Å²) in [5, 5.41) is 6.82. The Morgan fingerprint density at radius 2 is 1.56 bits per heavy atom. The van der Waals surface area contributed by atoms with Gasteiger partial charge in [-0.05, 0) is 48.0 Å². The normalized spacial score (nSPS) is 17.3. The average molecular weight is 619 g/mol. The van der Waals surface area contributed by atoms with Gasteiger partial charge in [-0.15, -0.1) is 23.2 Å². The van der Waals surface area contributed by atoms with Gasteiger partial charge in [0.15, 0.2) is 5.82 Å². The number of nitrogens with one attached hydrogen (secondary N) is 3. The number of halogens is 7. The molecule has 3 aromatic carbocycles. The van der Waals surface area contributed by atoms with E-state index in [0.717, 1.165) is 18.2 Å². The maximum absolute atomic E-state index is 14.8. The van der Waals surface area contributed by atoms with Crippen molar-refractivity contribution in [3.63, 3.8) is 0 Å². The van der Waals surface area contributed by atoms with E-state index >= 15 is 0 Å². The van der Waals surface area contributed by atoms with Crippen molar-refractivity contribution in [3.05, 3.63) is 87.2 Å². The molecule has 13 heteroatoms. The van der Waals surface area contributed by atoms with E-state index < -0.39 is 62.7 Å². The van der Waals surface area contributed by atoms with Crippen molar-refractivity contribution in [2.75, 3.05) is 16.0 Å². The van der Waals surface area contributed by atoms with Gasteiger partial charge in [0.1, 0.15) is 21.7 Å². The fourth-order valence-corrected chi connectivity index (χ4v) is 5.17. The molecule has 0 aliphatic heterocycles. The summed E-state index contributed by atoms with van der Waals surface area (Å²) in [6, 6.07) is 9.77. The SMILES string of the molecule is CCC(=O)Nc1c(F)ccc(NC(=O)c2cc(NC(=O)[C@H]3[C@H](c4ccc(F)c(Cl)c4)C3(Cl)Cl)ccc2Cl)c1F. The number of amides is 3. The van der Waals surface area contributed by atoms with E-state index in [1.165, 1.54) is 37.3 Å². The van der Waals surface area contributed by atoms with E-state index in [2.05, 4.69) is 16.0 Å². The van der Waals surface area contributed by atoms with Gasteiger partial charge < -0.3 is 16.0 Å². The third-order valence-electron chi connectivity index (χ3n) is 6.04. The van der Waals surface area contributed by atoms with Gasteiger partial charge in [0.2, 0.25) is 11.8 Å². The van der Waals surface area contributed by atoms with Gasteiger partial charge in [-0.2, -0.15) is 0 Å². The molecule has 0 aromatic heterocycles. The summed E-state index contributed by atoms with van der Waals surface area (Å²) in [6.45, 7) is 1.51. The minimum absolute atomic E-state index is 0.0165. The van der Waals surface area contributed by atoms with Gasteiger partial charge in [0.05, 0.1) is 27.2 Å². The number of rotatable bonds is 7. The molecule has 1 fully saturated rings. The van der Waals surface area contributed by atoms with Crippen molar-refractivity contribution >= 4 is 81.2 Å². The molecule has 204 valence electrons. The van der Waals surface area contributed by atoms with Gasteiger partial charge in [-0.3, -0.25) is 14.4 Å². The Hall–Kier alpha value is -2.98. The number of benzene rings is 3. The Bertz CT molecular complexity index is 1500. The summed E-state index contributed by atoms with van der Waals surface area (Å²) in [7, 11) is 0. The summed E-state index contributed by atoms with van der Waals surface area (Å²) >= 11 is 24.7. The topological polar surface area (TPSA) is 87.3 Å². The number of alkyl halides is 2. The zero-order valence-corrected chi connectivity index (χ0v) is 22.9. The zero-order valence-electron chi connectivity index (χ0n) is 19.9. The Morgan fingerprint density at radius 1 is 0.872 bits per heavy atom. The quantitative estimate of drug-likeness (QED) is 0.239. The van der Waals surface area contributed by atoms with Crippen LogP contribution < -0.4 is 16.0 Å². The second-order valence-electron chi connectivity index (χ2n) is 8.63. The van der Waals surface area contributed by atoms with E-state index in [1.807, 2.05) is 0 Å². The van der Waals surface area contributed by atoms with Crippen molar-refractivity contribution in [1.82, 2.24) is 0 Å². The third kappa shape index (κ3) is 5.96. The smallest absolute Gasteiger partial charge is 0.257 e. The predicted octanol–water partition coefficient (Wildman–Crippen LogP) is 7.54. The van der Waals surface area contributed by atoms with E-state index in [4.69, 9.17) is 46.4 Å². The summed E-state index contributed by atoms with van der Waals surface area (Å²) in [4.78, 5) is 37.5. The maximum Gasteiger partial charge on any atom is 0.257 e. The second-order valence-corrected chi connectivity index (χ2v) is 10.9. The van der Waals surface area contributed by atoms with Gasteiger partial charge in [0.25, 0.3) is 5.91 Å². The van der Waals surface area contributed by atoms with Crippen LogP contribution in [-0.4, -0.2) is 22.1 Å². The first-order chi connectivity index (χ1) is 18.3. The fraction of sp³-hybridized carbons (Fsp3) is 0.192. The molecule has 6 nitrogen and oxygen atoms in total. The molecule has 0 unspecified atom stereocenters. The van der Waals surface area contributed by atoms with E-state index in [9.17, 15) is 27.6 Å². The predicted molar refractivity (Wildman–Crippen MR) is 145 cm³/mol. The molecule has 3 aromatic rings. The molecule has 3 N–H and O–H groups in total. The van der Waals surface area contributed by atoms with Gasteiger partial charge in [0, 0.05) is 18.0 Å². The molecule has 1 aliphatic rings. The fourth-order valence-electron chi connectivity index (χ4n) is 3.95. The number of anilines is 3. The largest absolute Gasteiger partial charge is 0.326 e. The first kappa shape index (κ1) is 29.0. The molecule has 0 saturated heterocycles. The first-order valence-corrected chi connectivity index (χ1v) is 12.9. The van der Waals surface area contributed by atoms with Crippen LogP contribution in [-0.2, 0) is 9.59 Å². The lowest BCUT2D eigenvalue weighted by molar-refractivity contribution is -0.117. The van der Waals surface area contributed by atoms with Crippen molar-refractivity contribution in [3.8, 4) is 0 Å². The highest BCUT2D eigenvalue weighted by Crippen LogP contribution is 2.65. The van der Waals surface area contributed by atoms with Crippen LogP contribution in [0.1, 0.15) is 35.2 Å². The lowest BCUT2D eigenvalue weighted by atomic mass is 10.1. The molecule has 1 saturated carbocycles. The minimum Gasteiger partial charge on any atom is -0.326 e. The van der Waals surface area contributed by atoms with Crippen LogP contribution in [0.4, 0.5) is 30.2 Å². The van der Waals surface area contributed by atoms with Gasteiger partial charge in [-0.1, -0.05) is 36.2 Å². The zero-order chi connectivity index (χ0) is 28.6. The van der Waals surface area contributed by atoms with Crippen LogP contribution in [0.25, 0.3) is 0 Å². The third-order valence-corrected chi connectivity index (χ3v) is 7.60. The molecule has 4 rings (SSSR count). The van der Waals surface area contributed by atoms with Gasteiger partial charge >= 0.3 is 0 Å². The molecule has 0 bridgehead atoms. The van der Waals surface area contributed by atoms with E-state index in [1.54, 1.807) is 0 Å². The van der Waals surface area contributed by atoms with Gasteiger partial charge in [-0.25, -0.2) is 13.2 Å². The standard InChI is InChI=1S/C26H18Cl4F3N3O3/c1-2-19(37)36-23-17(32)7-8-18(22(23)33)35-24(38)13-10-12(4-5-14(13)27)34-25(39)21-20(26(21,29)30)11-3-6-16(31)15(28)9-11/h3-10,20-21H,2H2,1H3,(H,34,39)(H,35,38)(H,36,37)/t20-,21+/m0/s1. The molecule has 39 heavy (non-hydrogen) atoms. The maximum atomic E-state index is 14.8. The Kier molecular flexibility index (Phi) is 8.37. The van der Waals surface area contributed by atoms with E-state index in [0.29, 0.717) is 5.56 Å². The Balaban J connectivity index is 1.52. The lowest BCUT2D eigenvalue weighted by Gasteiger charge is -2.13. The number of carbonyl (C=O) groups excluding carboxylic acids is 3. The summed E-state index contributed by atoms with van der Waals surface area (Å²) in [6.07, 6.45) is -0.0165. The van der Waals surface area contributed by atoms with Crippen molar-refractivity contribution < 1.29 is 27.6 Å². The Morgan fingerprint density at radius 3 is 2.23 bits per heavy atom. The van der Waals surface area contributed by atoms with Crippen LogP contribution >= 0.6 is 46.4 Å². The lowest BCUT2D eigenvalue weighted by Crippen LogP contribution is -2.19. The Labute approximate surface area is 240 Å². The molecule has 0 radical (unpaired) electrons. The van der Waals surface area contributed by atoms with Crippen LogP contribution in [0.3, 0.4) is 0 Å². The molecular weight excluding hydrogens is 601 g/mol. The molecule has 1 aliphatic carbocycles. The molecule has 3 amide bonds. The van der Waals surface area contributed by atoms with Crippen LogP contribution in [0, 0.1) is 23.4 Å². The second kappa shape index (κ2) is 11.3. The van der Waals surface area contributed by atoms with E-state index in [-0.39, 0.29) is 27.7 Å². The van der Waals surface area contributed by atoms with Crippen molar-refractivity contribution in [2.45, 2.75) is 23.6 Å². The highest BCUT2D eigenvalue weighted by Gasteiger charge is 2.67. The monoisotopic (exact) mass is 617 g/mol. The highest BCUT2D eigenvalue weighted by atomic mass is 35.5. The highest BCUT2D eigenvalue weighted by molar-refractivity contribution is 6.53. The summed E-state index contributed by atoms with van der Waals surface area (Å²) in [5.41, 5.74) is -0.640. The molecule has 0 heterocycles. The first-order valence-electron chi connectivity index (χ1n) is 11.4. The van der Waals surface area contributed by atoms with Crippen LogP contribution in [0.2, 0.25) is 10.0 Å². The van der Waals surface area contributed by atoms with Crippen molar-refractivity contribution in [1.29, 1.82) is 0 Å². The number of hydrogen-bond acceptors (Lipinski definition) is 3. The van der Waals surface area contributed by atoms with Crippen molar-refractivity contribution in [2.24, 2.45) is 5.92 Å². The average Bonchev–Trinajstić information content (AvgIpc) is 3.47. The number of carbonyl (C=O) groups is 3.